The largest absolute Gasteiger partial charge is 0.491 e. The summed E-state index contributed by atoms with van der Waals surface area (Å²) in [5, 5.41) is 2.80. The Morgan fingerprint density at radius 2 is 1.96 bits per heavy atom. The molecule has 0 bridgehead atoms. The van der Waals surface area contributed by atoms with Crippen LogP contribution in [0, 0.1) is 6.92 Å². The number of nitrogens with one attached hydrogen (secondary N) is 1. The zero-order valence-corrected chi connectivity index (χ0v) is 16.0. The first-order chi connectivity index (χ1) is 12.1. The van der Waals surface area contributed by atoms with Crippen LogP contribution in [0.5, 0.6) is 11.5 Å². The zero-order valence-electron chi connectivity index (χ0n) is 14.4. The summed E-state index contributed by atoms with van der Waals surface area (Å²) >= 11 is 3.40. The lowest BCUT2D eigenvalue weighted by atomic mass is 10.2. The number of carbonyl (C=O) groups excluding carboxylic acids is 1. The fraction of sp³-hybridized carbons (Fsp3) is 0.316. The third-order valence-corrected chi connectivity index (χ3v) is 3.81. The Morgan fingerprint density at radius 3 is 2.72 bits per heavy atom. The Balaban J connectivity index is 1.83. The summed E-state index contributed by atoms with van der Waals surface area (Å²) in [7, 11) is 0. The first-order valence-electron chi connectivity index (χ1n) is 8.08. The Bertz CT molecular complexity index is 706. The Kier molecular flexibility index (Phi) is 7.76. The molecule has 1 amide bonds. The number of ether oxygens (including phenoxy) is 3. The molecule has 0 saturated carbocycles. The second-order valence-electron chi connectivity index (χ2n) is 5.32. The van der Waals surface area contributed by atoms with Crippen molar-refractivity contribution in [3.05, 3.63) is 52.5 Å². The molecule has 0 aliphatic rings. The van der Waals surface area contributed by atoms with Gasteiger partial charge in [-0.05, 0) is 49.7 Å². The van der Waals surface area contributed by atoms with Gasteiger partial charge in [0, 0.05) is 22.8 Å². The van der Waals surface area contributed by atoms with Crippen molar-refractivity contribution >= 4 is 27.5 Å². The van der Waals surface area contributed by atoms with Gasteiger partial charge in [0.1, 0.15) is 18.1 Å². The summed E-state index contributed by atoms with van der Waals surface area (Å²) in [6.45, 7) is 5.48. The molecule has 25 heavy (non-hydrogen) atoms. The highest BCUT2D eigenvalue weighted by molar-refractivity contribution is 9.10. The number of aryl methyl sites for hydroxylation is 1. The zero-order chi connectivity index (χ0) is 18.1. The topological polar surface area (TPSA) is 56.8 Å². The normalized spacial score (nSPS) is 10.4. The highest BCUT2D eigenvalue weighted by atomic mass is 79.9. The lowest BCUT2D eigenvalue weighted by molar-refractivity contribution is -0.118. The van der Waals surface area contributed by atoms with Gasteiger partial charge in [-0.15, -0.1) is 0 Å². The molecule has 2 aromatic carbocycles. The highest BCUT2D eigenvalue weighted by Crippen LogP contribution is 2.22. The van der Waals surface area contributed by atoms with E-state index < -0.39 is 0 Å². The predicted octanol–water partition coefficient (Wildman–Crippen LogP) is 4.19. The molecule has 0 radical (unpaired) electrons. The molecule has 5 nitrogen and oxygen atoms in total. The molecule has 2 rings (SSSR count). The second-order valence-corrected chi connectivity index (χ2v) is 6.24. The van der Waals surface area contributed by atoms with Crippen LogP contribution in [-0.4, -0.2) is 32.3 Å². The van der Waals surface area contributed by atoms with Crippen LogP contribution < -0.4 is 14.8 Å². The maximum atomic E-state index is 12.1. The summed E-state index contributed by atoms with van der Waals surface area (Å²) in [4.78, 5) is 12.1. The summed E-state index contributed by atoms with van der Waals surface area (Å²) in [5.41, 5.74) is 1.63. The van der Waals surface area contributed by atoms with E-state index in [0.717, 1.165) is 10.0 Å². The van der Waals surface area contributed by atoms with Crippen LogP contribution in [0.1, 0.15) is 12.5 Å². The molecule has 134 valence electrons. The highest BCUT2D eigenvalue weighted by Gasteiger charge is 2.07. The van der Waals surface area contributed by atoms with E-state index in [1.165, 1.54) is 0 Å². The minimum absolute atomic E-state index is 0.0576. The number of hydrogen-bond donors (Lipinski definition) is 1. The van der Waals surface area contributed by atoms with Crippen molar-refractivity contribution in [3.8, 4) is 11.5 Å². The van der Waals surface area contributed by atoms with E-state index >= 15 is 0 Å². The molecule has 0 aliphatic carbocycles. The third-order valence-electron chi connectivity index (χ3n) is 3.31. The Hall–Kier alpha value is -2.05. The minimum Gasteiger partial charge on any atom is -0.491 e. The van der Waals surface area contributed by atoms with Gasteiger partial charge in [0.15, 0.2) is 6.61 Å². The second kappa shape index (κ2) is 10.1. The average molecular weight is 408 g/mol. The molecule has 0 fully saturated rings. The minimum atomic E-state index is -0.228. The molecule has 6 heteroatoms. The molecule has 0 saturated heterocycles. The molecule has 0 aliphatic heterocycles. The van der Waals surface area contributed by atoms with Crippen LogP contribution in [0.4, 0.5) is 5.69 Å². The van der Waals surface area contributed by atoms with Gasteiger partial charge in [-0.2, -0.15) is 0 Å². The first-order valence-corrected chi connectivity index (χ1v) is 8.87. The molecule has 1 N–H and O–H groups in total. The molecule has 0 atom stereocenters. The van der Waals surface area contributed by atoms with Crippen molar-refractivity contribution in [2.24, 2.45) is 0 Å². The van der Waals surface area contributed by atoms with Crippen LogP contribution in [-0.2, 0) is 9.53 Å². The predicted molar refractivity (Wildman–Crippen MR) is 101 cm³/mol. The van der Waals surface area contributed by atoms with E-state index in [1.807, 2.05) is 44.2 Å². The average Bonchev–Trinajstić information content (AvgIpc) is 2.58. The molecule has 0 unspecified atom stereocenters. The van der Waals surface area contributed by atoms with Gasteiger partial charge < -0.3 is 19.5 Å². The standard InChI is InChI=1S/C19H22BrNO4/c1-3-23-9-10-24-17-6-4-5-16(12-17)21-19(22)13-25-18-8-7-15(20)11-14(18)2/h4-8,11-12H,3,9-10,13H2,1-2H3,(H,21,22). The van der Waals surface area contributed by atoms with Crippen molar-refractivity contribution < 1.29 is 19.0 Å². The number of carbonyl (C=O) groups is 1. The van der Waals surface area contributed by atoms with Gasteiger partial charge in [-0.1, -0.05) is 22.0 Å². The molecule has 0 aromatic heterocycles. The lowest BCUT2D eigenvalue weighted by Crippen LogP contribution is -2.20. The van der Waals surface area contributed by atoms with E-state index in [2.05, 4.69) is 21.2 Å². The Morgan fingerprint density at radius 1 is 1.12 bits per heavy atom. The summed E-state index contributed by atoms with van der Waals surface area (Å²) in [6, 6.07) is 12.9. The van der Waals surface area contributed by atoms with Crippen molar-refractivity contribution in [1.29, 1.82) is 0 Å². The van der Waals surface area contributed by atoms with Crippen molar-refractivity contribution in [3.63, 3.8) is 0 Å². The molecule has 2 aromatic rings. The van der Waals surface area contributed by atoms with Crippen molar-refractivity contribution in [2.75, 3.05) is 31.7 Å². The molecular formula is C19H22BrNO4. The number of amides is 1. The van der Waals surface area contributed by atoms with E-state index in [1.54, 1.807) is 12.1 Å². The smallest absolute Gasteiger partial charge is 0.262 e. The monoisotopic (exact) mass is 407 g/mol. The first kappa shape index (κ1) is 19.3. The number of rotatable bonds is 9. The Labute approximate surface area is 156 Å². The third kappa shape index (κ3) is 6.76. The summed E-state index contributed by atoms with van der Waals surface area (Å²) in [5.74, 6) is 1.14. The van der Waals surface area contributed by atoms with Gasteiger partial charge in [0.25, 0.3) is 5.91 Å². The number of halogens is 1. The quantitative estimate of drug-likeness (QED) is 0.633. The maximum absolute atomic E-state index is 12.1. The summed E-state index contributed by atoms with van der Waals surface area (Å²) < 4.78 is 17.3. The van der Waals surface area contributed by atoms with Gasteiger partial charge in [0.05, 0.1) is 6.61 Å². The van der Waals surface area contributed by atoms with Crippen LogP contribution in [0.2, 0.25) is 0 Å². The SMILES string of the molecule is CCOCCOc1cccc(NC(=O)COc2ccc(Br)cc2C)c1. The van der Waals surface area contributed by atoms with Crippen molar-refractivity contribution in [2.45, 2.75) is 13.8 Å². The summed E-state index contributed by atoms with van der Waals surface area (Å²) in [6.07, 6.45) is 0. The van der Waals surface area contributed by atoms with Crippen LogP contribution in [0.3, 0.4) is 0 Å². The van der Waals surface area contributed by atoms with Crippen molar-refractivity contribution in [1.82, 2.24) is 0 Å². The molecule has 0 spiro atoms. The fourth-order valence-electron chi connectivity index (χ4n) is 2.14. The number of anilines is 1. The van der Waals surface area contributed by atoms with Gasteiger partial charge in [-0.3, -0.25) is 4.79 Å². The van der Waals surface area contributed by atoms with E-state index in [-0.39, 0.29) is 12.5 Å². The molecule has 0 heterocycles. The maximum Gasteiger partial charge on any atom is 0.262 e. The van der Waals surface area contributed by atoms with Crippen LogP contribution >= 0.6 is 15.9 Å². The van der Waals surface area contributed by atoms with Crippen LogP contribution in [0.25, 0.3) is 0 Å². The lowest BCUT2D eigenvalue weighted by Gasteiger charge is -2.11. The van der Waals surface area contributed by atoms with Gasteiger partial charge in [0.2, 0.25) is 0 Å². The van der Waals surface area contributed by atoms with E-state index in [9.17, 15) is 4.79 Å². The number of benzene rings is 2. The van der Waals surface area contributed by atoms with E-state index in [4.69, 9.17) is 14.2 Å². The van der Waals surface area contributed by atoms with Crippen LogP contribution in [0.15, 0.2) is 46.9 Å². The van der Waals surface area contributed by atoms with E-state index in [0.29, 0.717) is 37.0 Å². The molecular weight excluding hydrogens is 386 g/mol. The number of hydrogen-bond acceptors (Lipinski definition) is 4. The van der Waals surface area contributed by atoms with Gasteiger partial charge >= 0.3 is 0 Å². The fourth-order valence-corrected chi connectivity index (χ4v) is 2.62. The van der Waals surface area contributed by atoms with Gasteiger partial charge in [-0.25, -0.2) is 0 Å².